The second-order valence-corrected chi connectivity index (χ2v) is 6.14. The summed E-state index contributed by atoms with van der Waals surface area (Å²) in [6.45, 7) is 3.35. The molecule has 2 rings (SSSR count). The van der Waals surface area contributed by atoms with Crippen LogP contribution < -0.4 is 10.6 Å². The maximum absolute atomic E-state index is 4.88. The molecule has 2 aliphatic rings. The Kier molecular flexibility index (Phi) is 9.71. The smallest absolute Gasteiger partial charge is 0.411 e. The minimum absolute atomic E-state index is 0. The summed E-state index contributed by atoms with van der Waals surface area (Å²) in [4.78, 5) is 3.47. The third kappa shape index (κ3) is 6.21. The molecule has 0 aromatic rings. The maximum Gasteiger partial charge on any atom is 2.00 e. The van der Waals surface area contributed by atoms with Gasteiger partial charge in [0.2, 0.25) is 0 Å². The van der Waals surface area contributed by atoms with E-state index in [0.29, 0.717) is 18.9 Å². The molecule has 2 fully saturated rings. The van der Waals surface area contributed by atoms with Crippen LogP contribution in [0, 0.1) is 0 Å². The molecule has 11 heteroatoms. The van der Waals surface area contributed by atoms with Crippen molar-refractivity contribution >= 4 is 93.0 Å². The number of nitrogens with zero attached hydrogens (tertiary/aromatic N) is 2. The first-order chi connectivity index (χ1) is 8.43. The van der Waals surface area contributed by atoms with Crippen LogP contribution in [0.2, 0.25) is 0 Å². The number of thiocarbonyl (C=S) groups is 4. The minimum atomic E-state index is 0. The third-order valence-corrected chi connectivity index (χ3v) is 3.77. The van der Waals surface area contributed by atoms with Crippen LogP contribution in [0.5, 0.6) is 0 Å². The normalized spacial score (nSPS) is 16.8. The van der Waals surface area contributed by atoms with E-state index in [1.807, 2.05) is 0 Å². The molecule has 2 N–H and O–H groups in total. The summed E-state index contributed by atoms with van der Waals surface area (Å²) in [5.41, 5.74) is 0. The van der Waals surface area contributed by atoms with Crippen molar-refractivity contribution in [3.8, 4) is 0 Å². The maximum atomic E-state index is 4.88. The van der Waals surface area contributed by atoms with E-state index in [0.717, 1.165) is 26.2 Å². The predicted molar refractivity (Wildman–Crippen MR) is 94.5 cm³/mol. The van der Waals surface area contributed by atoms with Crippen LogP contribution in [0.15, 0.2) is 0 Å². The van der Waals surface area contributed by atoms with Gasteiger partial charge in [0.25, 0.3) is 0 Å². The molecule has 0 atom stereocenters. The van der Waals surface area contributed by atoms with Gasteiger partial charge in [0.15, 0.2) is 10.2 Å². The molecule has 0 saturated carbocycles. The number of hydrogen-bond donors (Lipinski definition) is 2. The van der Waals surface area contributed by atoms with E-state index >= 15 is 0 Å². The van der Waals surface area contributed by atoms with Gasteiger partial charge in [0.1, 0.15) is 0 Å². The first-order valence-electron chi connectivity index (χ1n) is 4.96. The van der Waals surface area contributed by atoms with Gasteiger partial charge in [-0.15, -0.1) is 0 Å². The minimum Gasteiger partial charge on any atom is -0.411 e. The van der Waals surface area contributed by atoms with Crippen LogP contribution in [0.25, 0.3) is 0 Å². The van der Waals surface area contributed by atoms with Crippen LogP contribution in [-0.4, -0.2) is 54.8 Å². The molecule has 0 amide bonds. The van der Waals surface area contributed by atoms with Gasteiger partial charge in [-0.2, -0.15) is 0 Å². The Bertz CT molecular complexity index is 353. The molecule has 0 aliphatic carbocycles. The molecule has 0 spiro atoms. The van der Waals surface area contributed by atoms with Crippen molar-refractivity contribution in [1.82, 2.24) is 20.4 Å². The van der Waals surface area contributed by atoms with Crippen molar-refractivity contribution in [2.75, 3.05) is 26.2 Å². The Hall–Kier alpha value is 0.519. The van der Waals surface area contributed by atoms with E-state index < -0.39 is 0 Å². The van der Waals surface area contributed by atoms with Gasteiger partial charge in [-0.25, -0.2) is 0 Å². The van der Waals surface area contributed by atoms with Gasteiger partial charge in [0.05, 0.1) is 0 Å². The fraction of sp³-hybridized carbons (Fsp3) is 0.500. The standard InChI is InChI=1S/2C4H6N2S3.Cu/c2*7-3-5-1-2-6(3)4(8)9;/h2*1-2H2,(H,5,7)(H,8,9);/q;;+2/p-2. The Labute approximate surface area is 155 Å². The first-order valence-corrected chi connectivity index (χ1v) is 7.41. The molecule has 0 bridgehead atoms. The largest absolute Gasteiger partial charge is 2.00 e. The van der Waals surface area contributed by atoms with Crippen molar-refractivity contribution in [3.05, 3.63) is 0 Å². The second-order valence-electron chi connectivity index (χ2n) is 3.30. The predicted octanol–water partition coefficient (Wildman–Crippen LogP) is 0.0141. The van der Waals surface area contributed by atoms with E-state index in [1.165, 1.54) is 0 Å². The number of hydrogen-bond acceptors (Lipinski definition) is 6. The second kappa shape index (κ2) is 9.45. The fourth-order valence-corrected chi connectivity index (χ4v) is 2.82. The molecular weight excluding hydrogens is 408 g/mol. The molecule has 0 aromatic carbocycles. The van der Waals surface area contributed by atoms with Gasteiger partial charge in [-0.3, -0.25) is 0 Å². The Balaban J connectivity index is 0.000000324. The summed E-state index contributed by atoms with van der Waals surface area (Å²) in [6, 6.07) is 0. The Morgan fingerprint density at radius 3 is 1.32 bits per heavy atom. The van der Waals surface area contributed by atoms with Crippen molar-refractivity contribution < 1.29 is 17.1 Å². The molecular formula is C8H10CuN4S6. The van der Waals surface area contributed by atoms with Crippen molar-refractivity contribution in [1.29, 1.82) is 0 Å². The van der Waals surface area contributed by atoms with Crippen LogP contribution in [0.1, 0.15) is 0 Å². The monoisotopic (exact) mass is 417 g/mol. The first kappa shape index (κ1) is 19.5. The molecule has 19 heavy (non-hydrogen) atoms. The zero-order valence-corrected chi connectivity index (χ0v) is 15.3. The summed E-state index contributed by atoms with van der Waals surface area (Å²) in [6.07, 6.45) is 0. The Morgan fingerprint density at radius 1 is 0.895 bits per heavy atom. The average Bonchev–Trinajstić information content (AvgIpc) is 2.87. The van der Waals surface area contributed by atoms with E-state index in [4.69, 9.17) is 74.1 Å². The Morgan fingerprint density at radius 2 is 1.21 bits per heavy atom. The van der Waals surface area contributed by atoms with Crippen LogP contribution in [-0.2, 0) is 42.3 Å². The van der Waals surface area contributed by atoms with Gasteiger partial charge in [0, 0.05) is 26.2 Å². The average molecular weight is 418 g/mol. The molecule has 2 aliphatic heterocycles. The van der Waals surface area contributed by atoms with Crippen LogP contribution >= 0.6 is 48.9 Å². The van der Waals surface area contributed by atoms with E-state index in [2.05, 4.69) is 10.6 Å². The SMILES string of the molecule is S=C([S-])N1CCNC1=S.S=C([S-])N1CCNC1=S.[Cu+2]. The summed E-state index contributed by atoms with van der Waals surface area (Å²) >= 11 is 28.7. The van der Waals surface area contributed by atoms with Crippen molar-refractivity contribution in [2.24, 2.45) is 0 Å². The van der Waals surface area contributed by atoms with E-state index in [-0.39, 0.29) is 17.1 Å². The molecule has 1 radical (unpaired) electrons. The van der Waals surface area contributed by atoms with Gasteiger partial charge in [-0.1, -0.05) is 8.64 Å². The van der Waals surface area contributed by atoms with Crippen LogP contribution in [0.4, 0.5) is 0 Å². The van der Waals surface area contributed by atoms with Gasteiger partial charge in [-0.05, 0) is 24.4 Å². The molecule has 0 aromatic heterocycles. The van der Waals surface area contributed by atoms with Crippen molar-refractivity contribution in [2.45, 2.75) is 0 Å². The molecule has 109 valence electrons. The molecule has 4 nitrogen and oxygen atoms in total. The van der Waals surface area contributed by atoms with Crippen molar-refractivity contribution in [3.63, 3.8) is 0 Å². The quantitative estimate of drug-likeness (QED) is 0.319. The summed E-state index contributed by atoms with van der Waals surface area (Å²) in [5.74, 6) is 0. The molecule has 0 unspecified atom stereocenters. The zero-order valence-electron chi connectivity index (χ0n) is 9.47. The molecule has 2 heterocycles. The fourth-order valence-electron chi connectivity index (χ4n) is 1.29. The topological polar surface area (TPSA) is 30.5 Å². The summed E-state index contributed by atoms with van der Waals surface area (Å²) < 4.78 is 0.870. The van der Waals surface area contributed by atoms with Gasteiger partial charge >= 0.3 is 17.1 Å². The number of rotatable bonds is 0. The van der Waals surface area contributed by atoms with E-state index in [9.17, 15) is 0 Å². The third-order valence-electron chi connectivity index (χ3n) is 2.15. The van der Waals surface area contributed by atoms with E-state index in [1.54, 1.807) is 9.80 Å². The molecule has 2 saturated heterocycles. The zero-order chi connectivity index (χ0) is 13.7. The summed E-state index contributed by atoms with van der Waals surface area (Å²) in [5, 5.41) is 7.23. The van der Waals surface area contributed by atoms with Crippen LogP contribution in [0.3, 0.4) is 0 Å². The van der Waals surface area contributed by atoms with Gasteiger partial charge < -0.3 is 70.1 Å². The number of nitrogens with one attached hydrogen (secondary N) is 2. The summed E-state index contributed by atoms with van der Waals surface area (Å²) in [7, 11) is 0.